The minimum absolute atomic E-state index is 0. The summed E-state index contributed by atoms with van der Waals surface area (Å²) in [4.78, 5) is 47.9. The number of carbonyl (C=O) groups is 3. The van der Waals surface area contributed by atoms with E-state index in [1.807, 2.05) is 96.7 Å². The Morgan fingerprint density at radius 1 is 0.363 bits per heavy atom. The fraction of sp³-hybridized carbons (Fsp3) is 0.103. The van der Waals surface area contributed by atoms with Crippen LogP contribution in [0.4, 0.5) is 0 Å². The van der Waals surface area contributed by atoms with E-state index in [0.29, 0.717) is 0 Å². The van der Waals surface area contributed by atoms with E-state index in [9.17, 15) is 14.4 Å². The van der Waals surface area contributed by atoms with E-state index in [1.54, 1.807) is 22.7 Å². The first-order valence-electron chi connectivity index (χ1n) is 31.9. The summed E-state index contributed by atoms with van der Waals surface area (Å²) in [6, 6.07) is 89.7. The first kappa shape index (κ1) is 81.6. The number of nitrogens with zero attached hydrogens (tertiary/aromatic N) is 3. The molecule has 0 aliphatic heterocycles. The van der Waals surface area contributed by atoms with Gasteiger partial charge in [-0.3, -0.25) is 14.4 Å². The summed E-state index contributed by atoms with van der Waals surface area (Å²) in [6.45, 7) is 15.1. The van der Waals surface area contributed by atoms with Gasteiger partial charge in [0.25, 0.3) is 0 Å². The number of carbonyl (C=O) groups excluding carboxylic acids is 3. The van der Waals surface area contributed by atoms with Crippen molar-refractivity contribution < 1.29 is 90.0 Å². The van der Waals surface area contributed by atoms with Gasteiger partial charge in [0.15, 0.2) is 17.3 Å². The number of hydrogen-bond donors (Lipinski definition) is 3. The zero-order valence-electron chi connectivity index (χ0n) is 57.5. The number of rotatable bonds is 11. The Bertz CT molecular complexity index is 5040. The number of aromatic nitrogens is 3. The van der Waals surface area contributed by atoms with Crippen molar-refractivity contribution in [2.75, 3.05) is 0 Å². The summed E-state index contributed by atoms with van der Waals surface area (Å²) in [7, 11) is 0. The minimum Gasteiger partial charge on any atom is -0.512 e. The molecule has 9 nitrogen and oxygen atoms in total. The van der Waals surface area contributed by atoms with Gasteiger partial charge in [-0.05, 0) is 152 Å². The Labute approximate surface area is 649 Å². The molecule has 521 valence electrons. The summed E-state index contributed by atoms with van der Waals surface area (Å²) in [6.07, 6.45) is 9.45. The molecule has 3 N–H and O–H groups in total. The van der Waals surface area contributed by atoms with Crippen LogP contribution in [0.1, 0.15) is 58.2 Å². The van der Waals surface area contributed by atoms with E-state index in [0.717, 1.165) is 33.8 Å². The van der Waals surface area contributed by atoms with Gasteiger partial charge >= 0.3 is 0 Å². The summed E-state index contributed by atoms with van der Waals surface area (Å²) < 4.78 is 3.64. The van der Waals surface area contributed by atoms with Crippen LogP contribution >= 0.6 is 34.0 Å². The molecule has 0 bridgehead atoms. The van der Waals surface area contributed by atoms with Crippen molar-refractivity contribution in [1.82, 2.24) is 15.0 Å². The van der Waals surface area contributed by atoms with Crippen molar-refractivity contribution >= 4 is 81.6 Å². The van der Waals surface area contributed by atoms with Gasteiger partial charge in [0.1, 0.15) is 0 Å². The van der Waals surface area contributed by atoms with E-state index < -0.39 is 0 Å². The maximum absolute atomic E-state index is 10.0. The topological polar surface area (TPSA) is 151 Å². The minimum atomic E-state index is -0.125. The van der Waals surface area contributed by atoms with Crippen LogP contribution in [0.5, 0.6) is 0 Å². The first-order valence-corrected chi connectivity index (χ1v) is 34.3. The molecule has 3 radical (unpaired) electrons. The third-order valence-corrected chi connectivity index (χ3v) is 18.7. The number of hydrogen-bond acceptors (Lipinski definition) is 12. The van der Waals surface area contributed by atoms with Crippen LogP contribution in [0, 0.1) is 39.0 Å². The molecule has 0 aliphatic rings. The number of allylic oxidation sites excluding steroid dienone is 6. The van der Waals surface area contributed by atoms with Gasteiger partial charge in [0, 0.05) is 117 Å². The molecule has 6 aromatic heterocycles. The fourth-order valence-electron chi connectivity index (χ4n) is 10.8. The predicted molar refractivity (Wildman–Crippen MR) is 414 cm³/mol. The number of aryl methyl sites for hydroxylation is 3. The molecule has 102 heavy (non-hydrogen) atoms. The zero-order valence-corrected chi connectivity index (χ0v) is 67.2. The second-order valence-electron chi connectivity index (χ2n) is 23.2. The molecule has 8 aromatic carbocycles. The summed E-state index contributed by atoms with van der Waals surface area (Å²) in [5.74, 6) is -0.187. The number of aliphatic hydroxyl groups is 3. The Morgan fingerprint density at radius 2 is 0.725 bits per heavy atom. The first-order chi connectivity index (χ1) is 47.8. The van der Waals surface area contributed by atoms with E-state index in [2.05, 4.69) is 213 Å². The molecule has 0 saturated carbocycles. The van der Waals surface area contributed by atoms with Crippen LogP contribution in [-0.4, -0.2) is 47.6 Å². The van der Waals surface area contributed by atoms with Crippen molar-refractivity contribution in [1.29, 1.82) is 0 Å². The second kappa shape index (κ2) is 40.3. The molecule has 0 saturated heterocycles. The van der Waals surface area contributed by atoms with Crippen LogP contribution in [0.3, 0.4) is 0 Å². The second-order valence-corrected chi connectivity index (χ2v) is 26.4. The van der Waals surface area contributed by atoms with Crippen LogP contribution in [0.15, 0.2) is 285 Å². The third kappa shape index (κ3) is 23.1. The summed E-state index contributed by atoms with van der Waals surface area (Å²) >= 11 is 5.40. The molecule has 0 aliphatic carbocycles. The van der Waals surface area contributed by atoms with Crippen LogP contribution in [-0.2, 0) is 74.7 Å². The van der Waals surface area contributed by atoms with Crippen LogP contribution in [0.2, 0.25) is 0 Å². The largest absolute Gasteiger partial charge is 0.512 e. The van der Waals surface area contributed by atoms with Crippen molar-refractivity contribution in [3.05, 3.63) is 320 Å². The van der Waals surface area contributed by atoms with Gasteiger partial charge in [-0.25, -0.2) is 0 Å². The van der Waals surface area contributed by atoms with E-state index in [1.165, 1.54) is 160 Å². The Kier molecular flexibility index (Phi) is 32.3. The molecule has 6 heterocycles. The molecular weight excluding hydrogens is 1860 g/mol. The number of ketones is 3. The number of fused-ring (bicyclic) bond motifs is 3. The maximum Gasteiger partial charge on any atom is 0.155 e. The van der Waals surface area contributed by atoms with Gasteiger partial charge in [0.2, 0.25) is 0 Å². The van der Waals surface area contributed by atoms with Gasteiger partial charge in [-0.1, -0.05) is 152 Å². The molecule has 0 spiro atoms. The number of thiophene rings is 3. The fourth-order valence-corrected chi connectivity index (χ4v) is 14.2. The van der Waals surface area contributed by atoms with Crippen molar-refractivity contribution in [3.63, 3.8) is 0 Å². The number of benzene rings is 8. The molecule has 14 rings (SSSR count). The van der Waals surface area contributed by atoms with E-state index in [4.69, 9.17) is 20.3 Å². The molecular formula is C87H74Ir3N3O6S3-3. The van der Waals surface area contributed by atoms with Gasteiger partial charge in [0.05, 0.1) is 31.4 Å². The Morgan fingerprint density at radius 3 is 1.14 bits per heavy atom. The molecule has 0 atom stereocenters. The van der Waals surface area contributed by atoms with Crippen molar-refractivity contribution in [3.8, 4) is 87.3 Å². The number of pyridine rings is 3. The van der Waals surface area contributed by atoms with E-state index >= 15 is 0 Å². The third-order valence-electron chi connectivity index (χ3n) is 15.1. The standard InChI is InChI=1S/C27H20NS.C25H16NS.C20H14NS.3C5H8O2.3Ir/c1-18-7-6-8-19(2)27(18)22-13-11-21(12-14-22)25-16-23-15-24(28-17-26(23)29-25)20-9-4-3-5-10-20;1-4-10-18(11-5-1)22-16-21-23(17-26-22)27-25(20-14-8-3-9-15-20)24(21)19-12-6-2-7-13-19;1-14-17-12-18(15-8-4-2-5-9-15)21-13-19(17)22-20(14)16-10-6-3-7-11-16;3*1-4(6)3-5(2)7;;;/h3-9,11-17H,1-2H3;1-10,12-17H;2-8,10-13H,1H3;3*3,6H,1-2H3;;;/q3*-1;;;;;;. The van der Waals surface area contributed by atoms with Crippen molar-refractivity contribution in [2.24, 2.45) is 0 Å². The van der Waals surface area contributed by atoms with Crippen LogP contribution in [0.25, 0.3) is 118 Å². The quantitative estimate of drug-likeness (QED) is 0.0653. The molecule has 14 aromatic rings. The van der Waals surface area contributed by atoms with Crippen LogP contribution < -0.4 is 0 Å². The normalized spacial score (nSPS) is 10.8. The molecule has 0 unspecified atom stereocenters. The van der Waals surface area contributed by atoms with Gasteiger partial charge in [-0.2, -0.15) is 0 Å². The average molecular weight is 1930 g/mol. The monoisotopic (exact) mass is 1930 g/mol. The smallest absolute Gasteiger partial charge is 0.155 e. The van der Waals surface area contributed by atoms with Gasteiger partial charge in [-0.15, -0.1) is 142 Å². The van der Waals surface area contributed by atoms with Gasteiger partial charge < -0.3 is 30.3 Å². The van der Waals surface area contributed by atoms with E-state index in [-0.39, 0.29) is 94.9 Å². The predicted octanol–water partition coefficient (Wildman–Crippen LogP) is 23.7. The Hall–Kier alpha value is -9.33. The molecule has 0 amide bonds. The average Bonchev–Trinajstić information content (AvgIpc) is 1.60. The number of aliphatic hydroxyl groups excluding tert-OH is 3. The maximum atomic E-state index is 10.0. The SMILES string of the molecule is CC(=O)C=C(C)O.CC(=O)C=C(C)O.CC(=O)C=C(C)O.Cc1c(-c2ccccc2)sc2cnc(-c3[c-]cccc3)cc12.Cc1cccc(C)c1-c1ccc(-c2cc3cc(-c4[c-]cccc4)ncc3s2)cc1.[Ir].[Ir].[Ir].[c-]1ccccc1-c1cc2c(-c3ccccc3)c(-c3ccccc3)sc2cn1. The summed E-state index contributed by atoms with van der Waals surface area (Å²) in [5, 5.41) is 28.8. The zero-order chi connectivity index (χ0) is 70.4. The summed E-state index contributed by atoms with van der Waals surface area (Å²) in [5.41, 5.74) is 18.8. The molecule has 0 fully saturated rings. The van der Waals surface area contributed by atoms with Crippen molar-refractivity contribution in [2.45, 2.75) is 62.3 Å². The molecule has 15 heteroatoms. The Balaban J connectivity index is 0.000000209.